The van der Waals surface area contributed by atoms with Gasteiger partial charge in [-0.15, -0.1) is 0 Å². The summed E-state index contributed by atoms with van der Waals surface area (Å²) in [6, 6.07) is 0. The summed E-state index contributed by atoms with van der Waals surface area (Å²) < 4.78 is 0. The van der Waals surface area contributed by atoms with Crippen molar-refractivity contribution < 1.29 is 14.7 Å². The van der Waals surface area contributed by atoms with Crippen molar-refractivity contribution in [2.24, 2.45) is 0 Å². The van der Waals surface area contributed by atoms with Gasteiger partial charge in [0.05, 0.1) is 0 Å². The summed E-state index contributed by atoms with van der Waals surface area (Å²) in [6.07, 6.45) is 1.70. The molecular formula is C9H11N3O3. The molecule has 1 aromatic rings. The number of carbonyl (C=O) groups excluding carboxylic acids is 1. The highest BCUT2D eigenvalue weighted by Gasteiger charge is 2.07. The molecule has 6 nitrogen and oxygen atoms in total. The highest BCUT2D eigenvalue weighted by molar-refractivity contribution is 6.02. The maximum absolute atomic E-state index is 11.2. The molecule has 1 aromatic heterocycles. The molecule has 0 aliphatic rings. The molecule has 0 saturated carbocycles. The molecule has 0 radical (unpaired) electrons. The fourth-order valence-electron chi connectivity index (χ4n) is 0.912. The molecule has 3 N–H and O–H groups in total. The molecule has 1 heterocycles. The smallest absolute Gasteiger partial charge is 0.328 e. The van der Waals surface area contributed by atoms with Gasteiger partial charge in [-0.25, -0.2) is 4.79 Å². The van der Waals surface area contributed by atoms with Gasteiger partial charge in [-0.05, 0) is 13.8 Å². The molecule has 0 aromatic carbocycles. The van der Waals surface area contributed by atoms with Crippen molar-refractivity contribution in [2.45, 2.75) is 13.8 Å². The minimum absolute atomic E-state index is 0.410. The maximum Gasteiger partial charge on any atom is 0.328 e. The molecule has 6 heteroatoms. The lowest BCUT2D eigenvalue weighted by Gasteiger charge is -1.97. The van der Waals surface area contributed by atoms with Crippen LogP contribution in [0.2, 0.25) is 0 Å². The second-order valence-corrected chi connectivity index (χ2v) is 2.98. The number of carboxylic acid groups (broad SMARTS) is 1. The fourth-order valence-corrected chi connectivity index (χ4v) is 0.912. The highest BCUT2D eigenvalue weighted by atomic mass is 16.4. The lowest BCUT2D eigenvalue weighted by atomic mass is 10.3. The summed E-state index contributed by atoms with van der Waals surface area (Å²) in [6.45, 7) is 3.63. The molecule has 80 valence electrons. The Balaban J connectivity index is 2.67. The van der Waals surface area contributed by atoms with Crippen LogP contribution in [0.5, 0.6) is 0 Å². The van der Waals surface area contributed by atoms with Crippen LogP contribution in [0.1, 0.15) is 11.3 Å². The van der Waals surface area contributed by atoms with Crippen LogP contribution in [0.25, 0.3) is 0 Å². The van der Waals surface area contributed by atoms with Gasteiger partial charge in [0.15, 0.2) is 5.82 Å². The standard InChI is InChI=1S/C9H11N3O3/c1-5-6(2)11-12-9(5)10-7(13)3-4-8(14)15/h3-4H,1-2H3,(H,14,15)(H2,10,11,12,13)/b4-3-. The number of hydrogen-bond acceptors (Lipinski definition) is 3. The number of H-pyrrole nitrogens is 1. The van der Waals surface area contributed by atoms with Gasteiger partial charge in [0, 0.05) is 23.4 Å². The third-order valence-corrected chi connectivity index (χ3v) is 1.87. The van der Waals surface area contributed by atoms with E-state index in [1.165, 1.54) is 0 Å². The van der Waals surface area contributed by atoms with Crippen LogP contribution < -0.4 is 5.32 Å². The van der Waals surface area contributed by atoms with Gasteiger partial charge >= 0.3 is 5.97 Å². The monoisotopic (exact) mass is 209 g/mol. The highest BCUT2D eigenvalue weighted by Crippen LogP contribution is 2.13. The first-order valence-electron chi connectivity index (χ1n) is 4.24. The lowest BCUT2D eigenvalue weighted by Crippen LogP contribution is -2.09. The first kappa shape index (κ1) is 11.0. The van der Waals surface area contributed by atoms with Gasteiger partial charge in [-0.1, -0.05) is 0 Å². The first-order chi connectivity index (χ1) is 7.00. The SMILES string of the molecule is Cc1[nH]nc(NC(=O)/C=C\C(=O)O)c1C. The number of carboxylic acids is 1. The average Bonchev–Trinajstić information content (AvgIpc) is 2.47. The molecule has 0 aliphatic heterocycles. The molecule has 0 spiro atoms. The third kappa shape index (κ3) is 2.94. The van der Waals surface area contributed by atoms with E-state index >= 15 is 0 Å². The Labute approximate surface area is 86.0 Å². The summed E-state index contributed by atoms with van der Waals surface area (Å²) in [5.74, 6) is -1.28. The number of anilines is 1. The molecule has 0 bridgehead atoms. The molecule has 0 saturated heterocycles. The molecule has 1 rings (SSSR count). The number of aromatic amines is 1. The summed E-state index contributed by atoms with van der Waals surface area (Å²) in [5, 5.41) is 17.3. The van der Waals surface area contributed by atoms with Crippen molar-refractivity contribution in [3.05, 3.63) is 23.4 Å². The van der Waals surface area contributed by atoms with Gasteiger partial charge in [0.2, 0.25) is 5.91 Å². The van der Waals surface area contributed by atoms with E-state index in [0.717, 1.165) is 23.4 Å². The van der Waals surface area contributed by atoms with Crippen LogP contribution in [0, 0.1) is 13.8 Å². The zero-order chi connectivity index (χ0) is 11.4. The van der Waals surface area contributed by atoms with Crippen LogP contribution in [-0.4, -0.2) is 27.2 Å². The molecule has 0 aliphatic carbocycles. The lowest BCUT2D eigenvalue weighted by molar-refractivity contribution is -0.131. The van der Waals surface area contributed by atoms with Crippen molar-refractivity contribution in [3.63, 3.8) is 0 Å². The van der Waals surface area contributed by atoms with Crippen LogP contribution in [0.15, 0.2) is 12.2 Å². The Morgan fingerprint density at radius 1 is 1.40 bits per heavy atom. The Kier molecular flexibility index (Phi) is 3.22. The quantitative estimate of drug-likeness (QED) is 0.635. The van der Waals surface area contributed by atoms with Crippen molar-refractivity contribution in [2.75, 3.05) is 5.32 Å². The summed E-state index contributed by atoms with van der Waals surface area (Å²) >= 11 is 0. The minimum atomic E-state index is -1.17. The van der Waals surface area contributed by atoms with Crippen molar-refractivity contribution in [1.82, 2.24) is 10.2 Å². The van der Waals surface area contributed by atoms with E-state index in [2.05, 4.69) is 15.5 Å². The largest absolute Gasteiger partial charge is 0.478 e. The Bertz CT molecular complexity index is 420. The fraction of sp³-hybridized carbons (Fsp3) is 0.222. The van der Waals surface area contributed by atoms with E-state index in [9.17, 15) is 9.59 Å². The minimum Gasteiger partial charge on any atom is -0.478 e. The normalized spacial score (nSPS) is 10.5. The van der Waals surface area contributed by atoms with Gasteiger partial charge < -0.3 is 10.4 Å². The number of nitrogens with one attached hydrogen (secondary N) is 2. The van der Waals surface area contributed by atoms with Crippen molar-refractivity contribution in [1.29, 1.82) is 0 Å². The number of aliphatic carboxylic acids is 1. The molecule has 0 fully saturated rings. The number of amides is 1. The predicted octanol–water partition coefficient (Wildman–Crippen LogP) is 0.606. The van der Waals surface area contributed by atoms with Gasteiger partial charge in [-0.3, -0.25) is 9.89 Å². The molecule has 1 amide bonds. The van der Waals surface area contributed by atoms with Crippen molar-refractivity contribution in [3.8, 4) is 0 Å². The van der Waals surface area contributed by atoms with E-state index in [-0.39, 0.29) is 0 Å². The zero-order valence-electron chi connectivity index (χ0n) is 8.37. The Morgan fingerprint density at radius 3 is 2.53 bits per heavy atom. The third-order valence-electron chi connectivity index (χ3n) is 1.87. The zero-order valence-corrected chi connectivity index (χ0v) is 8.37. The predicted molar refractivity (Wildman–Crippen MR) is 53.5 cm³/mol. The molecular weight excluding hydrogens is 198 g/mol. The van der Waals surface area contributed by atoms with Crippen LogP contribution >= 0.6 is 0 Å². The number of aromatic nitrogens is 2. The summed E-state index contributed by atoms with van der Waals surface area (Å²) in [5.41, 5.74) is 1.68. The van der Waals surface area contributed by atoms with E-state index < -0.39 is 11.9 Å². The first-order valence-corrected chi connectivity index (χ1v) is 4.24. The second-order valence-electron chi connectivity index (χ2n) is 2.98. The topological polar surface area (TPSA) is 95.1 Å². The molecule has 15 heavy (non-hydrogen) atoms. The van der Waals surface area contributed by atoms with Crippen LogP contribution in [0.4, 0.5) is 5.82 Å². The van der Waals surface area contributed by atoms with E-state index in [0.29, 0.717) is 5.82 Å². The van der Waals surface area contributed by atoms with Crippen LogP contribution in [-0.2, 0) is 9.59 Å². The molecule has 0 atom stereocenters. The number of nitrogens with zero attached hydrogens (tertiary/aromatic N) is 1. The van der Waals surface area contributed by atoms with Gasteiger partial charge in [0.25, 0.3) is 0 Å². The van der Waals surface area contributed by atoms with E-state index in [1.54, 1.807) is 6.92 Å². The molecule has 0 unspecified atom stereocenters. The van der Waals surface area contributed by atoms with Crippen LogP contribution in [0.3, 0.4) is 0 Å². The van der Waals surface area contributed by atoms with E-state index in [1.807, 2.05) is 6.92 Å². The van der Waals surface area contributed by atoms with Gasteiger partial charge in [0.1, 0.15) is 0 Å². The number of aryl methyl sites for hydroxylation is 1. The number of hydrogen-bond donors (Lipinski definition) is 3. The summed E-state index contributed by atoms with van der Waals surface area (Å²) in [7, 11) is 0. The van der Waals surface area contributed by atoms with Crippen molar-refractivity contribution >= 4 is 17.7 Å². The van der Waals surface area contributed by atoms with E-state index in [4.69, 9.17) is 5.11 Å². The second kappa shape index (κ2) is 4.41. The average molecular weight is 209 g/mol. The Morgan fingerprint density at radius 2 is 2.07 bits per heavy atom. The number of rotatable bonds is 3. The Hall–Kier alpha value is -2.11. The summed E-state index contributed by atoms with van der Waals surface area (Å²) in [4.78, 5) is 21.3. The maximum atomic E-state index is 11.2. The number of carbonyl (C=O) groups is 2. The van der Waals surface area contributed by atoms with Gasteiger partial charge in [-0.2, -0.15) is 5.10 Å².